The topological polar surface area (TPSA) is 64.1 Å². The van der Waals surface area contributed by atoms with Crippen LogP contribution in [0.1, 0.15) is 24.3 Å². The Balaban J connectivity index is 2.07. The number of para-hydroxylation sites is 3. The minimum atomic E-state index is -0.489. The first kappa shape index (κ1) is 15.0. The molecule has 23 heavy (non-hydrogen) atoms. The summed E-state index contributed by atoms with van der Waals surface area (Å²) in [6, 6.07) is 16.9. The number of aromatic nitrogens is 2. The lowest BCUT2D eigenvalue weighted by Gasteiger charge is -2.13. The van der Waals surface area contributed by atoms with Crippen molar-refractivity contribution in [1.29, 1.82) is 0 Å². The van der Waals surface area contributed by atoms with Gasteiger partial charge in [-0.05, 0) is 38.1 Å². The molecule has 2 aromatic carbocycles. The number of benzene rings is 2. The van der Waals surface area contributed by atoms with Crippen LogP contribution in [0.25, 0.3) is 11.0 Å². The molecule has 0 unspecified atom stereocenters. The number of esters is 1. The molecule has 116 valence electrons. The highest BCUT2D eigenvalue weighted by atomic mass is 16.5. The molecule has 0 aliphatic heterocycles. The zero-order valence-electron chi connectivity index (χ0n) is 13.0. The Kier molecular flexibility index (Phi) is 4.19. The van der Waals surface area contributed by atoms with Gasteiger partial charge in [-0.25, -0.2) is 14.8 Å². The molecule has 0 radical (unpaired) electrons. The van der Waals surface area contributed by atoms with Crippen LogP contribution in [0.3, 0.4) is 0 Å². The summed E-state index contributed by atoms with van der Waals surface area (Å²) in [5, 5.41) is 3.14. The van der Waals surface area contributed by atoms with Crippen LogP contribution < -0.4 is 5.32 Å². The van der Waals surface area contributed by atoms with E-state index >= 15 is 0 Å². The molecule has 0 atom stereocenters. The van der Waals surface area contributed by atoms with Gasteiger partial charge in [0.25, 0.3) is 0 Å². The largest absolute Gasteiger partial charge is 0.458 e. The molecule has 0 saturated heterocycles. The molecule has 0 aliphatic carbocycles. The van der Waals surface area contributed by atoms with Gasteiger partial charge in [0.15, 0.2) is 11.5 Å². The maximum atomic E-state index is 12.3. The monoisotopic (exact) mass is 307 g/mol. The fourth-order valence-corrected chi connectivity index (χ4v) is 2.16. The van der Waals surface area contributed by atoms with Gasteiger partial charge < -0.3 is 10.1 Å². The highest BCUT2D eigenvalue weighted by Crippen LogP contribution is 2.22. The van der Waals surface area contributed by atoms with E-state index in [-0.39, 0.29) is 11.8 Å². The summed E-state index contributed by atoms with van der Waals surface area (Å²) in [7, 11) is 0. The lowest BCUT2D eigenvalue weighted by atomic mass is 10.2. The first-order valence-corrected chi connectivity index (χ1v) is 7.43. The van der Waals surface area contributed by atoms with Crippen LogP contribution in [0.2, 0.25) is 0 Å². The Morgan fingerprint density at radius 1 is 0.957 bits per heavy atom. The van der Waals surface area contributed by atoms with Gasteiger partial charge in [-0.2, -0.15) is 0 Å². The molecule has 5 heteroatoms. The fraction of sp³-hybridized carbons (Fsp3) is 0.167. The molecule has 0 fully saturated rings. The van der Waals surface area contributed by atoms with E-state index in [2.05, 4.69) is 15.3 Å². The molecule has 3 aromatic rings. The van der Waals surface area contributed by atoms with Gasteiger partial charge >= 0.3 is 5.97 Å². The van der Waals surface area contributed by atoms with Crippen molar-refractivity contribution in [2.24, 2.45) is 0 Å². The smallest absolute Gasteiger partial charge is 0.361 e. The summed E-state index contributed by atoms with van der Waals surface area (Å²) in [6.07, 6.45) is -0.222. The molecule has 0 aliphatic rings. The van der Waals surface area contributed by atoms with Crippen molar-refractivity contribution < 1.29 is 9.53 Å². The third kappa shape index (κ3) is 3.45. The predicted molar refractivity (Wildman–Crippen MR) is 89.8 cm³/mol. The fourth-order valence-electron chi connectivity index (χ4n) is 2.16. The van der Waals surface area contributed by atoms with Crippen molar-refractivity contribution in [3.05, 3.63) is 60.3 Å². The van der Waals surface area contributed by atoms with Crippen LogP contribution in [-0.4, -0.2) is 22.0 Å². The first-order valence-electron chi connectivity index (χ1n) is 7.43. The minimum Gasteiger partial charge on any atom is -0.458 e. The summed E-state index contributed by atoms with van der Waals surface area (Å²) in [5.74, 6) is -0.0998. The number of anilines is 2. The Labute approximate surface area is 134 Å². The van der Waals surface area contributed by atoms with Crippen molar-refractivity contribution in [3.63, 3.8) is 0 Å². The Morgan fingerprint density at radius 3 is 2.22 bits per heavy atom. The van der Waals surface area contributed by atoms with Crippen molar-refractivity contribution >= 4 is 28.5 Å². The average Bonchev–Trinajstić information content (AvgIpc) is 2.54. The Hall–Kier alpha value is -2.95. The van der Waals surface area contributed by atoms with Gasteiger partial charge in [0, 0.05) is 5.69 Å². The zero-order valence-corrected chi connectivity index (χ0v) is 13.0. The van der Waals surface area contributed by atoms with E-state index in [1.54, 1.807) is 13.8 Å². The second-order valence-electron chi connectivity index (χ2n) is 5.35. The third-order valence-corrected chi connectivity index (χ3v) is 3.14. The van der Waals surface area contributed by atoms with Gasteiger partial charge in [-0.1, -0.05) is 30.3 Å². The number of rotatable bonds is 4. The van der Waals surface area contributed by atoms with Crippen LogP contribution in [0.15, 0.2) is 54.6 Å². The second-order valence-corrected chi connectivity index (χ2v) is 5.35. The van der Waals surface area contributed by atoms with Gasteiger partial charge in [-0.15, -0.1) is 0 Å². The molecule has 0 amide bonds. The van der Waals surface area contributed by atoms with Crippen LogP contribution >= 0.6 is 0 Å². The van der Waals surface area contributed by atoms with Crippen molar-refractivity contribution in [2.45, 2.75) is 20.0 Å². The molecule has 3 rings (SSSR count). The predicted octanol–water partition coefficient (Wildman–Crippen LogP) is 3.94. The molecule has 0 bridgehead atoms. The average molecular weight is 307 g/mol. The second kappa shape index (κ2) is 6.44. The number of ether oxygens (including phenoxy) is 1. The first-order chi connectivity index (χ1) is 11.1. The van der Waals surface area contributed by atoms with E-state index in [1.165, 1.54) is 0 Å². The van der Waals surface area contributed by atoms with Crippen LogP contribution in [-0.2, 0) is 4.74 Å². The van der Waals surface area contributed by atoms with Gasteiger partial charge in [-0.3, -0.25) is 0 Å². The van der Waals surface area contributed by atoms with Gasteiger partial charge in [0.2, 0.25) is 0 Å². The molecule has 0 spiro atoms. The number of nitrogens with one attached hydrogen (secondary N) is 1. The molecule has 1 aromatic heterocycles. The van der Waals surface area contributed by atoms with Crippen molar-refractivity contribution in [1.82, 2.24) is 9.97 Å². The number of carbonyl (C=O) groups excluding carboxylic acids is 1. The lowest BCUT2D eigenvalue weighted by Crippen LogP contribution is -2.16. The van der Waals surface area contributed by atoms with Crippen LogP contribution in [0.4, 0.5) is 11.5 Å². The zero-order chi connectivity index (χ0) is 16.2. The van der Waals surface area contributed by atoms with Crippen molar-refractivity contribution in [3.8, 4) is 0 Å². The number of nitrogens with zero attached hydrogens (tertiary/aromatic N) is 2. The Bertz CT molecular complexity index is 832. The standard InChI is InChI=1S/C18H17N3O2/c1-12(2)23-18(22)16-17(19-13-8-4-3-5-9-13)21-15-11-7-6-10-14(15)20-16/h3-12H,1-2H3,(H,19,21). The summed E-state index contributed by atoms with van der Waals surface area (Å²) >= 11 is 0. The maximum absolute atomic E-state index is 12.3. The molecular weight excluding hydrogens is 290 g/mol. The minimum absolute atomic E-state index is 0.182. The number of hydrogen-bond donors (Lipinski definition) is 1. The Morgan fingerprint density at radius 2 is 1.57 bits per heavy atom. The lowest BCUT2D eigenvalue weighted by molar-refractivity contribution is 0.0372. The highest BCUT2D eigenvalue weighted by Gasteiger charge is 2.19. The number of carbonyl (C=O) groups is 1. The third-order valence-electron chi connectivity index (χ3n) is 3.14. The number of fused-ring (bicyclic) bond motifs is 1. The van der Waals surface area contributed by atoms with E-state index in [0.29, 0.717) is 16.9 Å². The molecule has 0 saturated carbocycles. The van der Waals surface area contributed by atoms with Crippen LogP contribution in [0.5, 0.6) is 0 Å². The SMILES string of the molecule is CC(C)OC(=O)c1nc2ccccc2nc1Nc1ccccc1. The summed E-state index contributed by atoms with van der Waals surface area (Å²) in [5.41, 5.74) is 2.38. The normalized spacial score (nSPS) is 10.7. The summed E-state index contributed by atoms with van der Waals surface area (Å²) < 4.78 is 5.28. The molecular formula is C18H17N3O2. The van der Waals surface area contributed by atoms with E-state index < -0.39 is 5.97 Å². The highest BCUT2D eigenvalue weighted by molar-refractivity contribution is 5.96. The van der Waals surface area contributed by atoms with Gasteiger partial charge in [0.1, 0.15) is 0 Å². The van der Waals surface area contributed by atoms with E-state index in [1.807, 2.05) is 54.6 Å². The van der Waals surface area contributed by atoms with Gasteiger partial charge in [0.05, 0.1) is 17.1 Å². The summed E-state index contributed by atoms with van der Waals surface area (Å²) in [6.45, 7) is 3.60. The maximum Gasteiger partial charge on any atom is 0.361 e. The van der Waals surface area contributed by atoms with E-state index in [0.717, 1.165) is 5.69 Å². The molecule has 5 nitrogen and oxygen atoms in total. The quantitative estimate of drug-likeness (QED) is 0.740. The summed E-state index contributed by atoms with van der Waals surface area (Å²) in [4.78, 5) is 21.3. The molecule has 1 N–H and O–H groups in total. The number of hydrogen-bond acceptors (Lipinski definition) is 5. The van der Waals surface area contributed by atoms with E-state index in [4.69, 9.17) is 4.74 Å². The van der Waals surface area contributed by atoms with Crippen LogP contribution in [0, 0.1) is 0 Å². The van der Waals surface area contributed by atoms with E-state index in [9.17, 15) is 4.79 Å². The van der Waals surface area contributed by atoms with Crippen molar-refractivity contribution in [2.75, 3.05) is 5.32 Å². The molecule has 1 heterocycles.